The van der Waals surface area contributed by atoms with Gasteiger partial charge < -0.3 is 30.9 Å². The van der Waals surface area contributed by atoms with Gasteiger partial charge in [-0.25, -0.2) is 4.79 Å². The third kappa shape index (κ3) is 13.2. The summed E-state index contributed by atoms with van der Waals surface area (Å²) in [5.74, 6) is -0.596. The highest BCUT2D eigenvalue weighted by Gasteiger charge is 2.30. The molecule has 1 saturated carbocycles. The minimum atomic E-state index is -0.836. The molecule has 53 heavy (non-hydrogen) atoms. The molecule has 1 unspecified atom stereocenters. The predicted octanol–water partition coefficient (Wildman–Crippen LogP) is 6.08. The van der Waals surface area contributed by atoms with Gasteiger partial charge in [0.1, 0.15) is 11.6 Å². The van der Waals surface area contributed by atoms with Crippen LogP contribution >= 0.6 is 0 Å². The molecule has 0 aliphatic heterocycles. The number of nitrogens with one attached hydrogen (secondary N) is 4. The molecule has 3 aromatic carbocycles. The second kappa shape index (κ2) is 19.2. The van der Waals surface area contributed by atoms with Crippen LogP contribution in [0.1, 0.15) is 74.9 Å². The number of carbonyl (C=O) groups is 4. The molecule has 1 aliphatic rings. The monoisotopic (exact) mass is 724 g/mol. The fourth-order valence-electron chi connectivity index (χ4n) is 6.27. The highest BCUT2D eigenvalue weighted by atomic mass is 16.6. The zero-order valence-corrected chi connectivity index (χ0v) is 32.3. The van der Waals surface area contributed by atoms with E-state index < -0.39 is 17.7 Å². The average molecular weight is 725 g/mol. The van der Waals surface area contributed by atoms with Crippen molar-refractivity contribution in [2.45, 2.75) is 71.4 Å². The zero-order chi connectivity index (χ0) is 38.5. The average Bonchev–Trinajstić information content (AvgIpc) is 3.13. The van der Waals surface area contributed by atoms with E-state index in [1.165, 1.54) is 0 Å². The van der Waals surface area contributed by atoms with Crippen molar-refractivity contribution < 1.29 is 23.9 Å². The van der Waals surface area contributed by atoms with Crippen molar-refractivity contribution in [2.75, 3.05) is 46.1 Å². The predicted molar refractivity (Wildman–Crippen MR) is 211 cm³/mol. The van der Waals surface area contributed by atoms with Gasteiger partial charge in [-0.2, -0.15) is 0 Å². The molecule has 0 heterocycles. The molecule has 1 atom stereocenters. The van der Waals surface area contributed by atoms with E-state index >= 15 is 0 Å². The first-order chi connectivity index (χ1) is 25.2. The summed E-state index contributed by atoms with van der Waals surface area (Å²) >= 11 is 0. The lowest BCUT2D eigenvalue weighted by Gasteiger charge is -2.29. The van der Waals surface area contributed by atoms with Crippen LogP contribution in [0.5, 0.6) is 0 Å². The first-order valence-electron chi connectivity index (χ1n) is 18.4. The van der Waals surface area contributed by atoms with E-state index in [1.54, 1.807) is 13.1 Å². The number of rotatable bonds is 14. The number of anilines is 1. The summed E-state index contributed by atoms with van der Waals surface area (Å²) in [6, 6.07) is 21.9. The van der Waals surface area contributed by atoms with Crippen LogP contribution in [-0.2, 0) is 20.7 Å². The molecule has 0 spiro atoms. The molecule has 0 radical (unpaired) electrons. The van der Waals surface area contributed by atoms with Crippen LogP contribution in [0.25, 0.3) is 11.1 Å². The number of alkyl carbamates (subject to hydrolysis) is 1. The Morgan fingerprint density at radius 3 is 2.17 bits per heavy atom. The van der Waals surface area contributed by atoms with Gasteiger partial charge in [-0.05, 0) is 120 Å². The van der Waals surface area contributed by atoms with E-state index in [2.05, 4.69) is 26.3 Å². The van der Waals surface area contributed by atoms with Crippen LogP contribution in [0.15, 0.2) is 77.8 Å². The van der Waals surface area contributed by atoms with Crippen molar-refractivity contribution in [3.8, 4) is 11.1 Å². The summed E-state index contributed by atoms with van der Waals surface area (Å²) in [6.45, 7) is 9.20. The van der Waals surface area contributed by atoms with Gasteiger partial charge in [-0.1, -0.05) is 48.5 Å². The lowest BCUT2D eigenvalue weighted by molar-refractivity contribution is -0.130. The Morgan fingerprint density at radius 2 is 1.53 bits per heavy atom. The SMILES string of the molecule is CN=C(C)c1ccc(NC(=O)C(Cc2cccc(-c3cccc(C(=O)NCCN(C)C)c3)c2)NC(=O)C2CCC(CNC(=O)OC(C)(C)C)CC2)cc1. The number of ether oxygens (including phenoxy) is 1. The Bertz CT molecular complexity index is 1740. The maximum atomic E-state index is 13.9. The molecule has 284 valence electrons. The molecule has 11 heteroatoms. The maximum Gasteiger partial charge on any atom is 0.407 e. The van der Waals surface area contributed by atoms with Crippen molar-refractivity contribution >= 4 is 35.2 Å². The Morgan fingerprint density at radius 1 is 0.868 bits per heavy atom. The fourth-order valence-corrected chi connectivity index (χ4v) is 6.27. The summed E-state index contributed by atoms with van der Waals surface area (Å²) < 4.78 is 5.36. The van der Waals surface area contributed by atoms with Gasteiger partial charge in [-0.3, -0.25) is 19.4 Å². The Hall–Kier alpha value is -5.03. The summed E-state index contributed by atoms with van der Waals surface area (Å²) in [6.07, 6.45) is 2.72. The number of hydrogen-bond acceptors (Lipinski definition) is 7. The first-order valence-corrected chi connectivity index (χ1v) is 18.4. The molecule has 0 aromatic heterocycles. The topological polar surface area (TPSA) is 141 Å². The van der Waals surface area contributed by atoms with E-state index in [0.717, 1.165) is 47.4 Å². The molecule has 4 N–H and O–H groups in total. The van der Waals surface area contributed by atoms with Crippen molar-refractivity contribution in [1.82, 2.24) is 20.9 Å². The first kappa shape index (κ1) is 40.7. The summed E-state index contributed by atoms with van der Waals surface area (Å²) in [5.41, 5.74) is 5.11. The quantitative estimate of drug-likeness (QED) is 0.149. The van der Waals surface area contributed by atoms with E-state index in [9.17, 15) is 19.2 Å². The van der Waals surface area contributed by atoms with Crippen LogP contribution < -0.4 is 21.3 Å². The molecule has 0 saturated heterocycles. The maximum absolute atomic E-state index is 13.9. The van der Waals surface area contributed by atoms with Crippen molar-refractivity contribution in [2.24, 2.45) is 16.8 Å². The second-order valence-electron chi connectivity index (χ2n) is 15.1. The van der Waals surface area contributed by atoms with E-state index in [4.69, 9.17) is 4.74 Å². The summed E-state index contributed by atoms with van der Waals surface area (Å²) in [5, 5.41) is 11.9. The van der Waals surface area contributed by atoms with Gasteiger partial charge in [0.15, 0.2) is 0 Å². The van der Waals surface area contributed by atoms with Crippen molar-refractivity contribution in [3.05, 3.63) is 89.5 Å². The Balaban J connectivity index is 1.46. The molecule has 4 rings (SSSR count). The summed E-state index contributed by atoms with van der Waals surface area (Å²) in [4.78, 5) is 58.8. The lowest BCUT2D eigenvalue weighted by atomic mass is 9.81. The van der Waals surface area contributed by atoms with Gasteiger partial charge >= 0.3 is 6.09 Å². The third-order valence-electron chi connectivity index (χ3n) is 9.36. The number of amides is 4. The van der Waals surface area contributed by atoms with Crippen LogP contribution in [0.2, 0.25) is 0 Å². The van der Waals surface area contributed by atoms with Crippen LogP contribution in [0.4, 0.5) is 10.5 Å². The molecular formula is C42H56N6O5. The molecule has 0 bridgehead atoms. The number of likely N-dealkylation sites (N-methyl/N-ethyl adjacent to an activating group) is 1. The number of hydrogen-bond donors (Lipinski definition) is 4. The fraction of sp³-hybridized carbons (Fsp3) is 0.452. The van der Waals surface area contributed by atoms with Crippen molar-refractivity contribution in [3.63, 3.8) is 0 Å². The van der Waals surface area contributed by atoms with E-state index in [0.29, 0.717) is 37.2 Å². The molecule has 11 nitrogen and oxygen atoms in total. The third-order valence-corrected chi connectivity index (χ3v) is 9.36. The van der Waals surface area contributed by atoms with Crippen molar-refractivity contribution in [1.29, 1.82) is 0 Å². The summed E-state index contributed by atoms with van der Waals surface area (Å²) in [7, 11) is 5.66. The van der Waals surface area contributed by atoms with Crippen LogP contribution in [0, 0.1) is 11.8 Å². The lowest BCUT2D eigenvalue weighted by Crippen LogP contribution is -2.48. The number of carbonyl (C=O) groups excluding carboxylic acids is 4. The van der Waals surface area contributed by atoms with Crippen LogP contribution in [-0.4, -0.2) is 86.8 Å². The number of nitrogens with zero attached hydrogens (tertiary/aromatic N) is 2. The van der Waals surface area contributed by atoms with Gasteiger partial charge in [0.05, 0.1) is 0 Å². The molecule has 1 aliphatic carbocycles. The highest BCUT2D eigenvalue weighted by molar-refractivity contribution is 6.00. The van der Waals surface area contributed by atoms with E-state index in [-0.39, 0.29) is 36.0 Å². The minimum Gasteiger partial charge on any atom is -0.444 e. The second-order valence-corrected chi connectivity index (χ2v) is 15.1. The number of aliphatic imine (C=N–C) groups is 1. The normalized spacial score (nSPS) is 16.7. The van der Waals surface area contributed by atoms with Gasteiger partial charge in [-0.15, -0.1) is 0 Å². The highest BCUT2D eigenvalue weighted by Crippen LogP contribution is 2.29. The Kier molecular flexibility index (Phi) is 14.7. The largest absolute Gasteiger partial charge is 0.444 e. The Labute approximate surface area is 314 Å². The van der Waals surface area contributed by atoms with Gasteiger partial charge in [0.2, 0.25) is 11.8 Å². The van der Waals surface area contributed by atoms with E-state index in [1.807, 2.05) is 113 Å². The minimum absolute atomic E-state index is 0.136. The molecule has 3 aromatic rings. The van der Waals surface area contributed by atoms with Crippen LogP contribution in [0.3, 0.4) is 0 Å². The smallest absolute Gasteiger partial charge is 0.407 e. The number of benzene rings is 3. The van der Waals surface area contributed by atoms with Gasteiger partial charge in [0, 0.05) is 56.0 Å². The standard InChI is InChI=1S/C42H56N6O5/c1-28(43-5)31-18-20-36(21-19-31)46-40(51)37(47-39(50)32-16-14-29(15-17-32)27-45-41(52)53-42(2,3)4)25-30-10-8-11-33(24-30)34-12-9-13-35(26-34)38(49)44-22-23-48(6)7/h8-13,18-21,24,26,29,32,37H,14-17,22-23,25,27H2,1-7H3,(H,44,49)(H,45,52)(H,46,51)(H,47,50). The molecule has 4 amide bonds. The molecular weight excluding hydrogens is 668 g/mol. The van der Waals surface area contributed by atoms with Gasteiger partial charge in [0.25, 0.3) is 5.91 Å². The zero-order valence-electron chi connectivity index (χ0n) is 32.3. The molecule has 1 fully saturated rings.